The van der Waals surface area contributed by atoms with Crippen LogP contribution in [-0.4, -0.2) is 40.8 Å². The van der Waals surface area contributed by atoms with Crippen LogP contribution in [0, 0.1) is 0 Å². The number of carbonyl (C=O) groups excluding carboxylic acids is 3. The quantitative estimate of drug-likeness (QED) is 0.204. The number of pyridine rings is 1. The number of hydrogen-bond donors (Lipinski definition) is 3. The minimum atomic E-state index is -5.34. The summed E-state index contributed by atoms with van der Waals surface area (Å²) in [5, 5.41) is 2.59. The van der Waals surface area contributed by atoms with Crippen molar-refractivity contribution in [3.8, 4) is 0 Å². The number of aryl methyl sites for hydroxylation is 1. The van der Waals surface area contributed by atoms with Crippen LogP contribution in [0.4, 0.5) is 18.9 Å². The third-order valence-corrected chi connectivity index (χ3v) is 4.24. The van der Waals surface area contributed by atoms with E-state index in [1.165, 1.54) is 18.3 Å². The van der Waals surface area contributed by atoms with E-state index in [-0.39, 0.29) is 0 Å². The molecular weight excluding hydrogens is 457 g/mol. The number of anilines is 1. The molecule has 0 unspecified atom stereocenters. The topological polar surface area (TPSA) is 133 Å². The lowest BCUT2D eigenvalue weighted by atomic mass is 10.1. The van der Waals surface area contributed by atoms with Gasteiger partial charge in [-0.25, -0.2) is 9.59 Å². The highest BCUT2D eigenvalue weighted by Gasteiger charge is 2.47. The molecule has 1 amide bonds. The van der Waals surface area contributed by atoms with E-state index in [1.54, 1.807) is 18.3 Å². The van der Waals surface area contributed by atoms with E-state index in [2.05, 4.69) is 20.5 Å². The van der Waals surface area contributed by atoms with Crippen LogP contribution >= 0.6 is 0 Å². The summed E-state index contributed by atoms with van der Waals surface area (Å²) in [5.74, 6) is -4.60. The number of esters is 1. The van der Waals surface area contributed by atoms with Crippen molar-refractivity contribution < 1.29 is 37.1 Å². The zero-order chi connectivity index (χ0) is 25.2. The molecule has 1 heterocycles. The van der Waals surface area contributed by atoms with Gasteiger partial charge in [0.25, 0.3) is 5.72 Å². The van der Waals surface area contributed by atoms with Gasteiger partial charge in [0.05, 0.1) is 17.9 Å². The van der Waals surface area contributed by atoms with Crippen molar-refractivity contribution in [2.45, 2.75) is 37.7 Å². The first kappa shape index (κ1) is 26.5. The highest BCUT2D eigenvalue weighted by Crippen LogP contribution is 2.20. The normalized spacial score (nSPS) is 14.1. The molecule has 0 saturated heterocycles. The van der Waals surface area contributed by atoms with Gasteiger partial charge in [-0.15, -0.1) is 5.48 Å². The van der Waals surface area contributed by atoms with Crippen molar-refractivity contribution in [2.24, 2.45) is 5.73 Å². The summed E-state index contributed by atoms with van der Waals surface area (Å²) in [4.78, 5) is 43.9. The Balaban J connectivity index is 2.02. The van der Waals surface area contributed by atoms with E-state index in [0.29, 0.717) is 18.5 Å². The highest BCUT2D eigenvalue weighted by molar-refractivity contribution is 5.99. The fraction of sp³-hybridized carbons (Fsp3) is 0.273. The van der Waals surface area contributed by atoms with Crippen LogP contribution in [0.1, 0.15) is 18.9 Å². The van der Waals surface area contributed by atoms with Gasteiger partial charge in [-0.05, 0) is 30.5 Å². The average molecular weight is 480 g/mol. The van der Waals surface area contributed by atoms with Gasteiger partial charge in [-0.1, -0.05) is 36.4 Å². The predicted molar refractivity (Wildman–Crippen MR) is 115 cm³/mol. The smallest absolute Gasteiger partial charge is 0.426 e. The molecule has 2 rings (SSSR count). The fourth-order valence-corrected chi connectivity index (χ4v) is 2.51. The van der Waals surface area contributed by atoms with Crippen LogP contribution in [-0.2, 0) is 30.4 Å². The van der Waals surface area contributed by atoms with Gasteiger partial charge < -0.3 is 14.9 Å². The standard InChI is InChI=1S/C22H23F3N4O5/c1-21(26,33-20(32)22(23,24)25)19(31)34-29-16(10-9-15-6-3-2-4-7-15)11-12-18(30)28-17-8-5-13-27-14-17/h2-8,11-14,16,29H,9-10,26H2,1H3,(H,28,30)/b12-11+/t16-,21-/m0/s1. The number of aromatic nitrogens is 1. The van der Waals surface area contributed by atoms with Crippen molar-refractivity contribution in [3.05, 3.63) is 72.6 Å². The van der Waals surface area contributed by atoms with Crippen molar-refractivity contribution in [3.63, 3.8) is 0 Å². The number of rotatable bonds is 10. The van der Waals surface area contributed by atoms with Gasteiger partial charge in [0, 0.05) is 19.2 Å². The van der Waals surface area contributed by atoms with Crippen LogP contribution in [0.2, 0.25) is 0 Å². The Morgan fingerprint density at radius 3 is 2.44 bits per heavy atom. The molecule has 12 heteroatoms. The molecule has 0 fully saturated rings. The molecule has 1 aromatic heterocycles. The van der Waals surface area contributed by atoms with Gasteiger partial charge in [-0.3, -0.25) is 15.5 Å². The Morgan fingerprint density at radius 2 is 1.82 bits per heavy atom. The molecular formula is C22H23F3N4O5. The number of nitrogens with two attached hydrogens (primary N) is 1. The fourth-order valence-electron chi connectivity index (χ4n) is 2.51. The third kappa shape index (κ3) is 9.00. The van der Waals surface area contributed by atoms with Gasteiger partial charge in [0.1, 0.15) is 0 Å². The number of nitrogens with one attached hydrogen (secondary N) is 2. The summed E-state index contributed by atoms with van der Waals surface area (Å²) >= 11 is 0. The summed E-state index contributed by atoms with van der Waals surface area (Å²) < 4.78 is 41.2. The molecule has 2 atom stereocenters. The lowest BCUT2D eigenvalue weighted by Gasteiger charge is -2.24. The maximum Gasteiger partial charge on any atom is 0.491 e. The molecule has 182 valence electrons. The number of nitrogens with zero attached hydrogens (tertiary/aromatic N) is 1. The maximum atomic E-state index is 12.4. The van der Waals surface area contributed by atoms with E-state index in [9.17, 15) is 27.6 Å². The number of ether oxygens (including phenoxy) is 1. The van der Waals surface area contributed by atoms with Crippen LogP contribution in [0.5, 0.6) is 0 Å². The molecule has 0 bridgehead atoms. The average Bonchev–Trinajstić information content (AvgIpc) is 2.78. The molecule has 0 saturated carbocycles. The molecule has 9 nitrogen and oxygen atoms in total. The first-order valence-electron chi connectivity index (χ1n) is 9.96. The minimum Gasteiger partial charge on any atom is -0.426 e. The van der Waals surface area contributed by atoms with E-state index in [1.807, 2.05) is 30.3 Å². The van der Waals surface area contributed by atoms with E-state index < -0.39 is 35.8 Å². The maximum absolute atomic E-state index is 12.4. The summed E-state index contributed by atoms with van der Waals surface area (Å²) in [5.41, 5.74) is 6.43. The Bertz CT molecular complexity index is 999. The molecule has 2 aromatic rings. The van der Waals surface area contributed by atoms with Crippen LogP contribution in [0.3, 0.4) is 0 Å². The summed E-state index contributed by atoms with van der Waals surface area (Å²) in [6, 6.07) is 11.8. The molecule has 0 aliphatic carbocycles. The number of carbonyl (C=O) groups is 3. The monoisotopic (exact) mass is 480 g/mol. The van der Waals surface area contributed by atoms with Crippen molar-refractivity contribution >= 4 is 23.5 Å². The van der Waals surface area contributed by atoms with E-state index >= 15 is 0 Å². The summed E-state index contributed by atoms with van der Waals surface area (Å²) in [6.45, 7) is 0.747. The second-order valence-corrected chi connectivity index (χ2v) is 7.22. The molecule has 1 aromatic carbocycles. The largest absolute Gasteiger partial charge is 0.491 e. The van der Waals surface area contributed by atoms with E-state index in [4.69, 9.17) is 10.6 Å². The Hall–Kier alpha value is -3.77. The van der Waals surface area contributed by atoms with Crippen LogP contribution < -0.4 is 16.5 Å². The number of alkyl halides is 3. The molecule has 0 spiro atoms. The molecule has 4 N–H and O–H groups in total. The van der Waals surface area contributed by atoms with Crippen molar-refractivity contribution in [1.29, 1.82) is 0 Å². The number of halogens is 3. The van der Waals surface area contributed by atoms with Crippen molar-refractivity contribution in [2.75, 3.05) is 5.32 Å². The first-order chi connectivity index (χ1) is 16.0. The van der Waals surface area contributed by atoms with Crippen molar-refractivity contribution in [1.82, 2.24) is 10.5 Å². The lowest BCUT2D eigenvalue weighted by Crippen LogP contribution is -2.53. The third-order valence-electron chi connectivity index (χ3n) is 4.24. The van der Waals surface area contributed by atoms with Gasteiger partial charge in [0.2, 0.25) is 5.91 Å². The first-order valence-corrected chi connectivity index (χ1v) is 9.96. The SMILES string of the molecule is C[C@](N)(OC(=O)C(F)(F)F)C(=O)ON[C@H](/C=C/C(=O)Nc1cccnc1)CCc1ccccc1. The Morgan fingerprint density at radius 1 is 1.12 bits per heavy atom. The van der Waals surface area contributed by atoms with Gasteiger partial charge in [-0.2, -0.15) is 13.2 Å². The van der Waals surface area contributed by atoms with Gasteiger partial charge >= 0.3 is 18.1 Å². The zero-order valence-electron chi connectivity index (χ0n) is 18.0. The second kappa shape index (κ2) is 11.9. The van der Waals surface area contributed by atoms with E-state index in [0.717, 1.165) is 12.5 Å². The number of benzene rings is 1. The molecule has 0 radical (unpaired) electrons. The molecule has 0 aliphatic rings. The predicted octanol–water partition coefficient (Wildman–Crippen LogP) is 2.41. The lowest BCUT2D eigenvalue weighted by molar-refractivity contribution is -0.219. The Kier molecular flexibility index (Phi) is 9.27. The van der Waals surface area contributed by atoms with Crippen LogP contribution in [0.15, 0.2) is 67.0 Å². The Labute approximate surface area is 193 Å². The van der Waals surface area contributed by atoms with Crippen LogP contribution in [0.25, 0.3) is 0 Å². The zero-order valence-corrected chi connectivity index (χ0v) is 18.0. The number of hydroxylamine groups is 1. The number of hydrogen-bond acceptors (Lipinski definition) is 8. The molecule has 34 heavy (non-hydrogen) atoms. The molecule has 0 aliphatic heterocycles. The highest BCUT2D eigenvalue weighted by atomic mass is 19.4. The number of amides is 1. The minimum absolute atomic E-state index is 0.331. The second-order valence-electron chi connectivity index (χ2n) is 7.22. The summed E-state index contributed by atoms with van der Waals surface area (Å²) in [7, 11) is 0. The summed E-state index contributed by atoms with van der Waals surface area (Å²) in [6.07, 6.45) is 1.08. The van der Waals surface area contributed by atoms with Gasteiger partial charge in [0.15, 0.2) is 0 Å².